The van der Waals surface area contributed by atoms with Gasteiger partial charge in [0.05, 0.1) is 11.0 Å². The first-order chi connectivity index (χ1) is 15.2. The van der Waals surface area contributed by atoms with Crippen LogP contribution in [0.4, 0.5) is 5.69 Å². The Labute approximate surface area is 193 Å². The van der Waals surface area contributed by atoms with Crippen LogP contribution < -0.4 is 4.72 Å². The van der Waals surface area contributed by atoms with E-state index in [-0.39, 0.29) is 22.5 Å². The summed E-state index contributed by atoms with van der Waals surface area (Å²) >= 11 is 0. The molecule has 0 radical (unpaired) electrons. The van der Waals surface area contributed by atoms with Crippen LogP contribution in [0.2, 0.25) is 0 Å². The predicted octanol–water partition coefficient (Wildman–Crippen LogP) is 2.89. The summed E-state index contributed by atoms with van der Waals surface area (Å²) in [4.78, 5) is 41.8. The fourth-order valence-electron chi connectivity index (χ4n) is 3.92. The Morgan fingerprint density at radius 2 is 1.79 bits per heavy atom. The maximum atomic E-state index is 13.3. The van der Waals surface area contributed by atoms with Crippen molar-refractivity contribution in [2.75, 3.05) is 5.75 Å². The van der Waals surface area contributed by atoms with Crippen LogP contribution in [0, 0.1) is 16.0 Å². The second-order valence-corrected chi connectivity index (χ2v) is 10.2. The van der Waals surface area contributed by atoms with Crippen molar-refractivity contribution in [3.63, 3.8) is 0 Å². The topological polar surface area (TPSA) is 145 Å². The molecule has 1 aromatic carbocycles. The first-order valence-corrected chi connectivity index (χ1v) is 12.1. The number of nitrogens with one attached hydrogen (secondary N) is 1. The molecule has 0 spiro atoms. The molecule has 33 heavy (non-hydrogen) atoms. The molecule has 11 heteroatoms. The molecule has 1 aliphatic rings. The van der Waals surface area contributed by atoms with E-state index >= 15 is 0 Å². The highest BCUT2D eigenvalue weighted by Crippen LogP contribution is 2.43. The van der Waals surface area contributed by atoms with Crippen LogP contribution >= 0.6 is 0 Å². The highest BCUT2D eigenvalue weighted by molar-refractivity contribution is 7.90. The van der Waals surface area contributed by atoms with E-state index in [1.54, 1.807) is 40.7 Å². The van der Waals surface area contributed by atoms with Crippen molar-refractivity contribution in [2.24, 2.45) is 10.9 Å². The number of carbonyl (C=O) groups excluding carboxylic acids is 2. The van der Waals surface area contributed by atoms with Gasteiger partial charge in [-0.2, -0.15) is 0 Å². The number of hydrogen-bond acceptors (Lipinski definition) is 8. The average molecular weight is 480 g/mol. The largest absolute Gasteiger partial charge is 0.462 e. The molecule has 0 bridgehead atoms. The number of Topliss-reactive ketones (excluding diaryl/α,β-unsaturated/α-hetero) is 1. The van der Waals surface area contributed by atoms with Crippen LogP contribution in [-0.2, 0) is 24.3 Å². The summed E-state index contributed by atoms with van der Waals surface area (Å²) < 4.78 is 32.6. The molecule has 2 unspecified atom stereocenters. The number of hydrogen-bond donors (Lipinski definition) is 1. The molecule has 1 aromatic rings. The lowest BCUT2D eigenvalue weighted by Crippen LogP contribution is -2.40. The average Bonchev–Trinajstić information content (AvgIpc) is 2.64. The van der Waals surface area contributed by atoms with Gasteiger partial charge in [0.2, 0.25) is 10.0 Å². The molecule has 1 aliphatic heterocycles. The monoisotopic (exact) mass is 479 g/mol. The van der Waals surface area contributed by atoms with Gasteiger partial charge in [0.1, 0.15) is 11.7 Å². The van der Waals surface area contributed by atoms with Crippen molar-refractivity contribution in [3.05, 3.63) is 51.2 Å². The lowest BCUT2D eigenvalue weighted by Gasteiger charge is -2.32. The number of rotatable bonds is 9. The van der Waals surface area contributed by atoms with Crippen molar-refractivity contribution >= 4 is 33.2 Å². The molecule has 10 nitrogen and oxygen atoms in total. The number of nitrogens with zero attached hydrogens (tertiary/aromatic N) is 2. The Morgan fingerprint density at radius 3 is 2.33 bits per heavy atom. The Bertz CT molecular complexity index is 1120. The third-order valence-corrected chi connectivity index (χ3v) is 6.41. The maximum Gasteiger partial charge on any atom is 0.315 e. The number of esters is 1. The Morgan fingerprint density at radius 1 is 1.18 bits per heavy atom. The van der Waals surface area contributed by atoms with Gasteiger partial charge in [-0.1, -0.05) is 18.2 Å². The van der Waals surface area contributed by atoms with E-state index in [0.29, 0.717) is 5.71 Å². The van der Waals surface area contributed by atoms with Gasteiger partial charge < -0.3 is 4.74 Å². The number of carbonyl (C=O) groups is 2. The third kappa shape index (κ3) is 6.32. The molecule has 1 heterocycles. The summed E-state index contributed by atoms with van der Waals surface area (Å²) in [5.74, 6) is -4.62. The fourth-order valence-corrected chi connectivity index (χ4v) is 5.22. The van der Waals surface area contributed by atoms with E-state index in [4.69, 9.17) is 4.74 Å². The Kier molecular flexibility index (Phi) is 8.25. The Hall–Kier alpha value is -2.92. The normalized spacial score (nSPS) is 19.0. The number of sulfonamides is 1. The number of nitro benzene ring substituents is 1. The molecule has 0 saturated heterocycles. The van der Waals surface area contributed by atoms with E-state index in [1.807, 2.05) is 0 Å². The molecule has 0 aliphatic carbocycles. The maximum absolute atomic E-state index is 13.3. The number of ketones is 1. The lowest BCUT2D eigenvalue weighted by atomic mass is 9.74. The van der Waals surface area contributed by atoms with Crippen molar-refractivity contribution in [3.8, 4) is 0 Å². The predicted molar refractivity (Wildman–Crippen MR) is 123 cm³/mol. The second kappa shape index (κ2) is 10.3. The molecule has 0 aromatic heterocycles. The second-order valence-electron chi connectivity index (χ2n) is 8.46. The number of para-hydroxylation sites is 1. The van der Waals surface area contributed by atoms with E-state index in [9.17, 15) is 28.1 Å². The van der Waals surface area contributed by atoms with Crippen LogP contribution in [0.3, 0.4) is 0 Å². The van der Waals surface area contributed by atoms with Gasteiger partial charge in [-0.25, -0.2) is 13.1 Å². The number of allylic oxidation sites excluding steroid dienone is 2. The van der Waals surface area contributed by atoms with Gasteiger partial charge in [0, 0.05) is 40.6 Å². The van der Waals surface area contributed by atoms with Gasteiger partial charge >= 0.3 is 5.97 Å². The molecule has 180 valence electrons. The zero-order chi connectivity index (χ0) is 25.1. The minimum atomic E-state index is -3.99. The molecule has 2 atom stereocenters. The quantitative estimate of drug-likeness (QED) is 0.325. The highest BCUT2D eigenvalue weighted by Gasteiger charge is 2.44. The van der Waals surface area contributed by atoms with Crippen molar-refractivity contribution in [1.29, 1.82) is 0 Å². The minimum absolute atomic E-state index is 0.0604. The minimum Gasteiger partial charge on any atom is -0.462 e. The van der Waals surface area contributed by atoms with E-state index in [0.717, 1.165) is 0 Å². The SMILES string of the molecule is CC1=NC(C)=C(C(=O)CS(=O)(=O)NC(C)C)C(c2ccccc2[N+](=O)[O-])C1C(=O)OC(C)C. The van der Waals surface area contributed by atoms with E-state index < -0.39 is 56.4 Å². The van der Waals surface area contributed by atoms with Crippen molar-refractivity contribution in [2.45, 2.75) is 59.6 Å². The number of aliphatic imine (C=N–C) groups is 1. The summed E-state index contributed by atoms with van der Waals surface area (Å²) in [6.45, 7) is 9.65. The summed E-state index contributed by atoms with van der Waals surface area (Å²) in [5.41, 5.74) is 0.282. The summed E-state index contributed by atoms with van der Waals surface area (Å²) in [7, 11) is -3.99. The van der Waals surface area contributed by atoms with Crippen LogP contribution in [0.25, 0.3) is 0 Å². The van der Waals surface area contributed by atoms with Crippen LogP contribution in [-0.4, -0.2) is 48.7 Å². The van der Waals surface area contributed by atoms with E-state index in [1.165, 1.54) is 25.1 Å². The smallest absolute Gasteiger partial charge is 0.315 e. The fraction of sp³-hybridized carbons (Fsp3) is 0.500. The van der Waals surface area contributed by atoms with Gasteiger partial charge in [-0.15, -0.1) is 0 Å². The molecule has 1 N–H and O–H groups in total. The zero-order valence-corrected chi connectivity index (χ0v) is 20.3. The first-order valence-electron chi connectivity index (χ1n) is 10.5. The first kappa shape index (κ1) is 26.3. The molecule has 0 amide bonds. The molecule has 0 fully saturated rings. The number of ether oxygens (including phenoxy) is 1. The van der Waals surface area contributed by atoms with Crippen molar-refractivity contribution in [1.82, 2.24) is 4.72 Å². The molecular formula is C22H29N3O7S. The van der Waals surface area contributed by atoms with Crippen molar-refractivity contribution < 1.29 is 27.7 Å². The highest BCUT2D eigenvalue weighted by atomic mass is 32.2. The Balaban J connectivity index is 2.71. The van der Waals surface area contributed by atoms with Gasteiger partial charge in [0.15, 0.2) is 5.78 Å². The zero-order valence-electron chi connectivity index (χ0n) is 19.5. The van der Waals surface area contributed by atoms with Crippen LogP contribution in [0.1, 0.15) is 53.0 Å². The van der Waals surface area contributed by atoms with Gasteiger partial charge in [-0.3, -0.25) is 24.7 Å². The standard InChI is InChI=1S/C22H29N3O7S/c1-12(2)24-33(30,31)11-18(26)19-14(5)23-15(6)20(22(27)32-13(3)4)21(19)16-9-7-8-10-17(16)25(28)29/h7-10,12-13,20-21,24H,11H2,1-6H3. The summed E-state index contributed by atoms with van der Waals surface area (Å²) in [6, 6.07) is 5.34. The van der Waals surface area contributed by atoms with Gasteiger partial charge in [0.25, 0.3) is 5.69 Å². The molecule has 2 rings (SSSR count). The molecule has 0 saturated carbocycles. The van der Waals surface area contributed by atoms with Gasteiger partial charge in [-0.05, 0) is 41.5 Å². The molecular weight excluding hydrogens is 450 g/mol. The number of benzene rings is 1. The third-order valence-electron chi connectivity index (χ3n) is 4.94. The van der Waals surface area contributed by atoms with Crippen LogP contribution in [0.15, 0.2) is 40.5 Å². The lowest BCUT2D eigenvalue weighted by molar-refractivity contribution is -0.385. The van der Waals surface area contributed by atoms with Crippen LogP contribution in [0.5, 0.6) is 0 Å². The number of nitro groups is 1. The van der Waals surface area contributed by atoms with E-state index in [2.05, 4.69) is 9.71 Å². The summed E-state index contributed by atoms with van der Waals surface area (Å²) in [6.07, 6.45) is -0.474. The summed E-state index contributed by atoms with van der Waals surface area (Å²) in [5, 5.41) is 11.8.